The fraction of sp³-hybridized carbons (Fsp3) is 0. The highest BCUT2D eigenvalue weighted by atomic mass is 15.6. The summed E-state index contributed by atoms with van der Waals surface area (Å²) in [7, 11) is 0. The predicted octanol–water partition coefficient (Wildman–Crippen LogP) is 1.39. The van der Waals surface area contributed by atoms with E-state index in [9.17, 15) is 0 Å². The van der Waals surface area contributed by atoms with Crippen LogP contribution in [0, 0.1) is 0 Å². The molecular formula is C13H12N3+. The first-order valence-corrected chi connectivity index (χ1v) is 5.25. The maximum atomic E-state index is 4.27. The van der Waals surface area contributed by atoms with Gasteiger partial charge in [0.05, 0.1) is 12.4 Å². The maximum absolute atomic E-state index is 4.27. The molecule has 3 rings (SSSR count). The Morgan fingerprint density at radius 3 is 2.81 bits per heavy atom. The van der Waals surface area contributed by atoms with Crippen molar-refractivity contribution >= 4 is 12.0 Å². The first-order chi connectivity index (χ1) is 7.95. The lowest BCUT2D eigenvalue weighted by molar-refractivity contribution is -0.849. The van der Waals surface area contributed by atoms with Gasteiger partial charge in [-0.05, 0) is 12.2 Å². The molecule has 3 heteroatoms. The second kappa shape index (κ2) is 3.79. The summed E-state index contributed by atoms with van der Waals surface area (Å²) in [5.41, 5.74) is 2.28. The van der Waals surface area contributed by atoms with Gasteiger partial charge < -0.3 is 0 Å². The highest BCUT2D eigenvalue weighted by Gasteiger charge is 2.23. The number of hydrogen-bond acceptors (Lipinski definition) is 2. The van der Waals surface area contributed by atoms with Gasteiger partial charge in [-0.15, -0.1) is 0 Å². The number of quaternary nitrogens is 1. The summed E-state index contributed by atoms with van der Waals surface area (Å²) >= 11 is 0. The highest BCUT2D eigenvalue weighted by molar-refractivity contribution is 5.52. The second-order valence-corrected chi connectivity index (χ2v) is 3.65. The Morgan fingerprint density at radius 1 is 1.06 bits per heavy atom. The Hall–Kier alpha value is -2.13. The Kier molecular flexibility index (Phi) is 2.16. The van der Waals surface area contributed by atoms with Crippen molar-refractivity contribution in [2.24, 2.45) is 4.99 Å². The van der Waals surface area contributed by atoms with E-state index in [1.807, 2.05) is 42.9 Å². The molecule has 0 saturated carbocycles. The number of nitrogens with zero attached hydrogens (tertiary/aromatic N) is 2. The van der Waals surface area contributed by atoms with Crippen LogP contribution in [0.3, 0.4) is 0 Å². The Bertz CT molecular complexity index is 497. The number of fused-ring (bicyclic) bond motifs is 1. The molecule has 0 fully saturated rings. The average molecular weight is 210 g/mol. The minimum Gasteiger partial charge on any atom is -0.207 e. The van der Waals surface area contributed by atoms with Crippen LogP contribution in [0.4, 0.5) is 5.69 Å². The van der Waals surface area contributed by atoms with Crippen molar-refractivity contribution in [3.8, 4) is 0 Å². The molecule has 0 radical (unpaired) electrons. The van der Waals surface area contributed by atoms with Crippen molar-refractivity contribution in [2.45, 2.75) is 0 Å². The number of nitrogens with one attached hydrogen (secondary N) is 1. The molecule has 0 saturated heterocycles. The van der Waals surface area contributed by atoms with E-state index in [4.69, 9.17) is 0 Å². The lowest BCUT2D eigenvalue weighted by Gasteiger charge is -2.29. The summed E-state index contributed by atoms with van der Waals surface area (Å²) < 4.78 is 0. The molecule has 3 nitrogen and oxygen atoms in total. The van der Waals surface area contributed by atoms with Crippen molar-refractivity contribution in [1.82, 2.24) is 5.01 Å². The van der Waals surface area contributed by atoms with Gasteiger partial charge in [-0.25, -0.2) is 4.99 Å². The normalized spacial score (nSPS) is 21.9. The molecule has 0 aromatic heterocycles. The molecule has 1 aromatic rings. The molecule has 78 valence electrons. The topological polar surface area (TPSA) is 20.0 Å². The first-order valence-electron chi connectivity index (χ1n) is 5.25. The number of benzene rings is 1. The van der Waals surface area contributed by atoms with Crippen LogP contribution < -0.4 is 5.01 Å². The van der Waals surface area contributed by atoms with E-state index < -0.39 is 0 Å². The standard InChI is InChI=1S/C13H11N3/c1-2-6-12(7-3-1)16-11-14-10-13-8-4-5-9-15(13)16/h1-11H/p+1. The van der Waals surface area contributed by atoms with Crippen LogP contribution in [-0.2, 0) is 0 Å². The Morgan fingerprint density at radius 2 is 1.94 bits per heavy atom. The number of para-hydroxylation sites is 1. The molecule has 0 amide bonds. The van der Waals surface area contributed by atoms with Gasteiger partial charge in [0.25, 0.3) is 0 Å². The number of hydrogen-bond donors (Lipinski definition) is 1. The molecular weight excluding hydrogens is 198 g/mol. The minimum atomic E-state index is 1.10. The van der Waals surface area contributed by atoms with Crippen molar-refractivity contribution in [3.63, 3.8) is 0 Å². The first kappa shape index (κ1) is 9.12. The molecule has 1 N–H and O–H groups in total. The monoisotopic (exact) mass is 210 g/mol. The molecule has 2 aliphatic rings. The molecule has 1 aromatic carbocycles. The third-order valence-electron chi connectivity index (χ3n) is 2.62. The Balaban J connectivity index is 1.99. The summed E-state index contributed by atoms with van der Waals surface area (Å²) in [5, 5.41) is 3.25. The van der Waals surface area contributed by atoms with Crippen molar-refractivity contribution < 1.29 is 5.01 Å². The summed E-state index contributed by atoms with van der Waals surface area (Å²) in [6.45, 7) is 0. The van der Waals surface area contributed by atoms with Crippen LogP contribution in [0.25, 0.3) is 0 Å². The largest absolute Gasteiger partial charge is 0.218 e. The van der Waals surface area contributed by atoms with Crippen molar-refractivity contribution in [2.75, 3.05) is 0 Å². The lowest BCUT2D eigenvalue weighted by Crippen LogP contribution is -3.12. The van der Waals surface area contributed by atoms with Gasteiger partial charge in [0.2, 0.25) is 6.34 Å². The third-order valence-corrected chi connectivity index (χ3v) is 2.62. The summed E-state index contributed by atoms with van der Waals surface area (Å²) in [6.07, 6.45) is 11.9. The number of rotatable bonds is 1. The van der Waals surface area contributed by atoms with Crippen LogP contribution in [0.2, 0.25) is 0 Å². The van der Waals surface area contributed by atoms with Crippen LogP contribution in [0.15, 0.2) is 71.6 Å². The van der Waals surface area contributed by atoms with E-state index >= 15 is 0 Å². The van der Waals surface area contributed by atoms with E-state index in [1.165, 1.54) is 5.69 Å². The van der Waals surface area contributed by atoms with Gasteiger partial charge in [0.15, 0.2) is 5.69 Å². The lowest BCUT2D eigenvalue weighted by atomic mass is 10.3. The summed E-state index contributed by atoms with van der Waals surface area (Å²) in [6, 6.07) is 10.3. The molecule has 1 unspecified atom stereocenters. The molecule has 1 atom stereocenters. The molecule has 0 bridgehead atoms. The molecule has 16 heavy (non-hydrogen) atoms. The van der Waals surface area contributed by atoms with Crippen LogP contribution in [0.5, 0.6) is 0 Å². The summed E-state index contributed by atoms with van der Waals surface area (Å²) in [5.74, 6) is 0. The fourth-order valence-corrected chi connectivity index (χ4v) is 1.85. The number of allylic oxidation sites excluding steroid dienone is 3. The van der Waals surface area contributed by atoms with Crippen LogP contribution in [0.1, 0.15) is 0 Å². The fourth-order valence-electron chi connectivity index (χ4n) is 1.85. The smallest absolute Gasteiger partial charge is 0.207 e. The van der Waals surface area contributed by atoms with E-state index in [0.717, 1.165) is 10.7 Å². The van der Waals surface area contributed by atoms with Gasteiger partial charge in [-0.2, -0.15) is 10.0 Å². The molecule has 2 heterocycles. The van der Waals surface area contributed by atoms with Crippen LogP contribution >= 0.6 is 0 Å². The van der Waals surface area contributed by atoms with Gasteiger partial charge in [0.1, 0.15) is 5.70 Å². The highest BCUT2D eigenvalue weighted by Crippen LogP contribution is 2.11. The molecule has 0 aliphatic carbocycles. The summed E-state index contributed by atoms with van der Waals surface area (Å²) in [4.78, 5) is 4.27. The van der Waals surface area contributed by atoms with Gasteiger partial charge >= 0.3 is 0 Å². The SMILES string of the molecule is C1=CC2=CN=C[NH+](c3ccccc3)N2C=C1. The zero-order valence-electron chi connectivity index (χ0n) is 8.75. The quantitative estimate of drug-likeness (QED) is 0.742. The molecule has 0 spiro atoms. The zero-order chi connectivity index (χ0) is 10.8. The van der Waals surface area contributed by atoms with Gasteiger partial charge in [0, 0.05) is 12.1 Å². The molecule has 2 aliphatic heterocycles. The maximum Gasteiger partial charge on any atom is 0.218 e. The van der Waals surface area contributed by atoms with E-state index in [-0.39, 0.29) is 0 Å². The Labute approximate surface area is 94.3 Å². The van der Waals surface area contributed by atoms with E-state index in [2.05, 4.69) is 34.4 Å². The number of aliphatic imine (C=N–C) groups is 1. The van der Waals surface area contributed by atoms with Gasteiger partial charge in [-0.3, -0.25) is 0 Å². The second-order valence-electron chi connectivity index (χ2n) is 3.65. The zero-order valence-corrected chi connectivity index (χ0v) is 8.75. The minimum absolute atomic E-state index is 1.10. The van der Waals surface area contributed by atoms with E-state index in [0.29, 0.717) is 0 Å². The third kappa shape index (κ3) is 1.47. The van der Waals surface area contributed by atoms with Crippen molar-refractivity contribution in [3.05, 3.63) is 66.7 Å². The van der Waals surface area contributed by atoms with Crippen LogP contribution in [-0.4, -0.2) is 11.3 Å². The van der Waals surface area contributed by atoms with E-state index in [1.54, 1.807) is 0 Å². The van der Waals surface area contributed by atoms with Gasteiger partial charge in [-0.1, -0.05) is 24.3 Å². The average Bonchev–Trinajstić information content (AvgIpc) is 2.39. The predicted molar refractivity (Wildman–Crippen MR) is 63.8 cm³/mol. The van der Waals surface area contributed by atoms with Crippen molar-refractivity contribution in [1.29, 1.82) is 0 Å².